The van der Waals surface area contributed by atoms with Gasteiger partial charge in [0.2, 0.25) is 0 Å². The molecule has 26 heavy (non-hydrogen) atoms. The van der Waals surface area contributed by atoms with Crippen LogP contribution >= 0.6 is 23.2 Å². The van der Waals surface area contributed by atoms with Crippen LogP contribution in [-0.2, 0) is 0 Å². The number of carbonyl (C=O) groups excluding carboxylic acids is 1. The monoisotopic (exact) mass is 386 g/mol. The number of benzene rings is 3. The Hall–Kier alpha value is -2.82. The smallest absolute Gasteiger partial charge is 0.344 e. The van der Waals surface area contributed by atoms with Gasteiger partial charge in [0.05, 0.1) is 16.1 Å². The van der Waals surface area contributed by atoms with Crippen LogP contribution in [0.1, 0.15) is 20.7 Å². The summed E-state index contributed by atoms with van der Waals surface area (Å²) in [5.41, 5.74) is 0.658. The van der Waals surface area contributed by atoms with Crippen LogP contribution < -0.4 is 4.74 Å². The van der Waals surface area contributed by atoms with Gasteiger partial charge in [0.25, 0.3) is 0 Å². The molecule has 3 rings (SSSR count). The van der Waals surface area contributed by atoms with Gasteiger partial charge >= 0.3 is 11.9 Å². The Bertz CT molecular complexity index is 999. The first-order chi connectivity index (χ1) is 12.5. The first-order valence-electron chi connectivity index (χ1n) is 7.57. The quantitative estimate of drug-likeness (QED) is 0.469. The summed E-state index contributed by atoms with van der Waals surface area (Å²) in [6.07, 6.45) is 0. The van der Waals surface area contributed by atoms with Gasteiger partial charge in [-0.1, -0.05) is 59.6 Å². The molecule has 0 spiro atoms. The van der Waals surface area contributed by atoms with E-state index in [4.69, 9.17) is 27.9 Å². The molecule has 0 aliphatic heterocycles. The van der Waals surface area contributed by atoms with Crippen molar-refractivity contribution >= 4 is 35.1 Å². The van der Waals surface area contributed by atoms with Gasteiger partial charge < -0.3 is 9.84 Å². The van der Waals surface area contributed by atoms with Crippen LogP contribution in [0.15, 0.2) is 66.7 Å². The molecule has 0 aliphatic rings. The molecule has 0 unspecified atom stereocenters. The van der Waals surface area contributed by atoms with Crippen molar-refractivity contribution in [3.8, 4) is 16.9 Å². The Morgan fingerprint density at radius 2 is 1.38 bits per heavy atom. The van der Waals surface area contributed by atoms with Crippen molar-refractivity contribution in [3.63, 3.8) is 0 Å². The lowest BCUT2D eigenvalue weighted by Gasteiger charge is -2.14. The minimum Gasteiger partial charge on any atom is -0.478 e. The standard InChI is InChI=1S/C20H12Cl2O4/c21-15-9-2-1-6-12(15)18-13(19(23)24)7-5-8-14(18)20(25)26-17-11-4-3-10-16(17)22/h1-11H,(H,23,24). The van der Waals surface area contributed by atoms with E-state index in [1.165, 1.54) is 18.2 Å². The van der Waals surface area contributed by atoms with Crippen molar-refractivity contribution in [2.75, 3.05) is 0 Å². The zero-order valence-corrected chi connectivity index (χ0v) is 14.8. The second kappa shape index (κ2) is 7.60. The van der Waals surface area contributed by atoms with E-state index in [-0.39, 0.29) is 27.5 Å². The number of para-hydroxylation sites is 1. The third-order valence-electron chi connectivity index (χ3n) is 3.70. The molecule has 0 bridgehead atoms. The van der Waals surface area contributed by atoms with Crippen LogP contribution in [0, 0.1) is 0 Å². The molecule has 0 aromatic heterocycles. The lowest BCUT2D eigenvalue weighted by Crippen LogP contribution is -2.13. The molecular formula is C20H12Cl2O4. The van der Waals surface area contributed by atoms with Gasteiger partial charge in [0.1, 0.15) is 5.75 Å². The SMILES string of the molecule is O=C(O)c1cccc(C(=O)Oc2ccccc2Cl)c1-c1ccccc1Cl. The number of carbonyl (C=O) groups is 2. The van der Waals surface area contributed by atoms with E-state index in [2.05, 4.69) is 0 Å². The van der Waals surface area contributed by atoms with Crippen LogP contribution in [0.3, 0.4) is 0 Å². The average molecular weight is 387 g/mol. The molecule has 0 heterocycles. The van der Waals surface area contributed by atoms with E-state index in [0.717, 1.165) is 0 Å². The van der Waals surface area contributed by atoms with E-state index >= 15 is 0 Å². The summed E-state index contributed by atoms with van der Waals surface area (Å²) in [6.45, 7) is 0. The van der Waals surface area contributed by atoms with E-state index in [1.54, 1.807) is 48.5 Å². The fourth-order valence-electron chi connectivity index (χ4n) is 2.54. The zero-order valence-electron chi connectivity index (χ0n) is 13.3. The molecule has 3 aromatic carbocycles. The molecular weight excluding hydrogens is 375 g/mol. The maximum Gasteiger partial charge on any atom is 0.344 e. The number of esters is 1. The number of halogens is 2. The summed E-state index contributed by atoms with van der Waals surface area (Å²) in [5, 5.41) is 10.1. The van der Waals surface area contributed by atoms with Crippen molar-refractivity contribution in [2.24, 2.45) is 0 Å². The van der Waals surface area contributed by atoms with E-state index < -0.39 is 11.9 Å². The van der Waals surface area contributed by atoms with Crippen LogP contribution in [0.5, 0.6) is 5.75 Å². The normalized spacial score (nSPS) is 10.4. The molecule has 1 N–H and O–H groups in total. The summed E-state index contributed by atoms with van der Waals surface area (Å²) in [5.74, 6) is -1.71. The summed E-state index contributed by atoms with van der Waals surface area (Å²) in [7, 11) is 0. The fourth-order valence-corrected chi connectivity index (χ4v) is 2.94. The summed E-state index contributed by atoms with van der Waals surface area (Å²) in [4.78, 5) is 24.4. The van der Waals surface area contributed by atoms with Gasteiger partial charge in [-0.25, -0.2) is 9.59 Å². The highest BCUT2D eigenvalue weighted by molar-refractivity contribution is 6.34. The molecule has 130 valence electrons. The Morgan fingerprint density at radius 1 is 0.769 bits per heavy atom. The topological polar surface area (TPSA) is 63.6 Å². The third-order valence-corrected chi connectivity index (χ3v) is 4.34. The van der Waals surface area contributed by atoms with Crippen molar-refractivity contribution in [1.82, 2.24) is 0 Å². The molecule has 0 saturated carbocycles. The molecule has 0 aliphatic carbocycles. The van der Waals surface area contributed by atoms with E-state index in [0.29, 0.717) is 10.6 Å². The molecule has 0 radical (unpaired) electrons. The molecule has 0 atom stereocenters. The van der Waals surface area contributed by atoms with Crippen molar-refractivity contribution < 1.29 is 19.4 Å². The molecule has 6 heteroatoms. The van der Waals surface area contributed by atoms with Crippen LogP contribution in [-0.4, -0.2) is 17.0 Å². The van der Waals surface area contributed by atoms with Crippen LogP contribution in [0.2, 0.25) is 10.0 Å². The molecule has 4 nitrogen and oxygen atoms in total. The average Bonchev–Trinajstić information content (AvgIpc) is 2.63. The molecule has 0 fully saturated rings. The van der Waals surface area contributed by atoms with Crippen molar-refractivity contribution in [2.45, 2.75) is 0 Å². The minimum atomic E-state index is -1.17. The Balaban J connectivity index is 2.14. The van der Waals surface area contributed by atoms with E-state index in [9.17, 15) is 14.7 Å². The molecule has 3 aromatic rings. The predicted octanol–water partition coefficient (Wildman–Crippen LogP) is 5.58. The first kappa shape index (κ1) is 18.0. The van der Waals surface area contributed by atoms with Crippen LogP contribution in [0.25, 0.3) is 11.1 Å². The number of hydrogen-bond acceptors (Lipinski definition) is 3. The maximum atomic E-state index is 12.7. The van der Waals surface area contributed by atoms with Gasteiger partial charge in [-0.2, -0.15) is 0 Å². The van der Waals surface area contributed by atoms with Gasteiger partial charge in [0, 0.05) is 16.1 Å². The van der Waals surface area contributed by atoms with Crippen molar-refractivity contribution in [3.05, 3.63) is 87.9 Å². The molecule has 0 amide bonds. The number of rotatable bonds is 4. The summed E-state index contributed by atoms with van der Waals surface area (Å²) < 4.78 is 5.36. The lowest BCUT2D eigenvalue weighted by molar-refractivity contribution is 0.0697. The van der Waals surface area contributed by atoms with Crippen molar-refractivity contribution in [1.29, 1.82) is 0 Å². The number of carboxylic acids is 1. The fraction of sp³-hybridized carbons (Fsp3) is 0. The number of ether oxygens (including phenoxy) is 1. The maximum absolute atomic E-state index is 12.7. The number of hydrogen-bond donors (Lipinski definition) is 1. The Kier molecular flexibility index (Phi) is 5.26. The number of aromatic carboxylic acids is 1. The van der Waals surface area contributed by atoms with E-state index in [1.807, 2.05) is 0 Å². The van der Waals surface area contributed by atoms with Gasteiger partial charge in [-0.15, -0.1) is 0 Å². The highest BCUT2D eigenvalue weighted by Crippen LogP contribution is 2.34. The Labute approximate surface area is 159 Å². The Morgan fingerprint density at radius 3 is 2.04 bits per heavy atom. The van der Waals surface area contributed by atoms with Gasteiger partial charge in [-0.05, 0) is 30.3 Å². The summed E-state index contributed by atoms with van der Waals surface area (Å²) >= 11 is 12.3. The first-order valence-corrected chi connectivity index (χ1v) is 8.32. The third kappa shape index (κ3) is 3.57. The highest BCUT2D eigenvalue weighted by atomic mass is 35.5. The second-order valence-corrected chi connectivity index (χ2v) is 6.15. The predicted molar refractivity (Wildman–Crippen MR) is 100 cm³/mol. The minimum absolute atomic E-state index is 0.0493. The molecule has 0 saturated heterocycles. The zero-order chi connectivity index (χ0) is 18.7. The summed E-state index contributed by atoms with van der Waals surface area (Å²) in [6, 6.07) is 17.6. The van der Waals surface area contributed by atoms with Gasteiger partial charge in [-0.3, -0.25) is 0 Å². The largest absolute Gasteiger partial charge is 0.478 e. The second-order valence-electron chi connectivity index (χ2n) is 5.33. The highest BCUT2D eigenvalue weighted by Gasteiger charge is 2.23. The number of carboxylic acid groups (broad SMARTS) is 1. The van der Waals surface area contributed by atoms with Gasteiger partial charge in [0.15, 0.2) is 0 Å². The lowest BCUT2D eigenvalue weighted by atomic mass is 9.94. The van der Waals surface area contributed by atoms with Crippen LogP contribution in [0.4, 0.5) is 0 Å².